The SMILES string of the molecule is CC(NC(=O)CN)C(=O)NC(CC(N)=O)C(=O)NC(CC(N)=O)C(=O)O. The highest BCUT2D eigenvalue weighted by Crippen LogP contribution is 1.98. The van der Waals surface area contributed by atoms with Gasteiger partial charge in [0.2, 0.25) is 29.5 Å². The van der Waals surface area contributed by atoms with Crippen molar-refractivity contribution >= 4 is 35.5 Å². The minimum atomic E-state index is -1.65. The number of rotatable bonds is 11. The van der Waals surface area contributed by atoms with Crippen molar-refractivity contribution in [1.29, 1.82) is 0 Å². The molecule has 0 radical (unpaired) electrons. The van der Waals surface area contributed by atoms with Gasteiger partial charge in [-0.3, -0.25) is 24.0 Å². The maximum absolute atomic E-state index is 12.2. The van der Waals surface area contributed by atoms with E-state index in [1.165, 1.54) is 6.92 Å². The molecular weight excluding hydrogens is 352 g/mol. The number of aliphatic carboxylic acids is 1. The Kier molecular flexibility index (Phi) is 9.29. The Balaban J connectivity index is 5.11. The molecule has 3 unspecified atom stereocenters. The molecule has 5 amide bonds. The zero-order valence-electron chi connectivity index (χ0n) is 14.0. The van der Waals surface area contributed by atoms with E-state index in [2.05, 4.69) is 10.6 Å². The molecule has 0 saturated carbocycles. The van der Waals surface area contributed by atoms with Crippen LogP contribution >= 0.6 is 0 Å². The zero-order chi connectivity index (χ0) is 20.4. The van der Waals surface area contributed by atoms with E-state index >= 15 is 0 Å². The largest absolute Gasteiger partial charge is 0.480 e. The van der Waals surface area contributed by atoms with Crippen molar-refractivity contribution in [2.75, 3.05) is 6.54 Å². The van der Waals surface area contributed by atoms with Crippen molar-refractivity contribution in [2.45, 2.75) is 37.9 Å². The Bertz CT molecular complexity index is 594. The van der Waals surface area contributed by atoms with Gasteiger partial charge in [-0.15, -0.1) is 0 Å². The molecule has 0 rings (SSSR count). The highest BCUT2D eigenvalue weighted by atomic mass is 16.4. The van der Waals surface area contributed by atoms with Gasteiger partial charge in [-0.1, -0.05) is 0 Å². The number of carbonyl (C=O) groups is 6. The van der Waals surface area contributed by atoms with E-state index in [0.29, 0.717) is 0 Å². The van der Waals surface area contributed by atoms with Gasteiger partial charge in [0.1, 0.15) is 18.1 Å². The molecule has 0 spiro atoms. The summed E-state index contributed by atoms with van der Waals surface area (Å²) in [5.41, 5.74) is 15.0. The third-order valence-electron chi connectivity index (χ3n) is 3.01. The predicted molar refractivity (Wildman–Crippen MR) is 85.8 cm³/mol. The van der Waals surface area contributed by atoms with E-state index in [9.17, 15) is 28.8 Å². The first-order chi connectivity index (χ1) is 12.0. The van der Waals surface area contributed by atoms with Crippen molar-refractivity contribution in [2.24, 2.45) is 17.2 Å². The number of hydrogen-bond acceptors (Lipinski definition) is 7. The van der Waals surface area contributed by atoms with Gasteiger partial charge in [-0.2, -0.15) is 0 Å². The fraction of sp³-hybridized carbons (Fsp3) is 0.538. The number of carboxylic acids is 1. The molecule has 3 atom stereocenters. The third kappa shape index (κ3) is 8.58. The van der Waals surface area contributed by atoms with E-state index in [1.54, 1.807) is 0 Å². The number of primary amides is 2. The van der Waals surface area contributed by atoms with Crippen molar-refractivity contribution in [3.63, 3.8) is 0 Å². The summed E-state index contributed by atoms with van der Waals surface area (Å²) in [4.78, 5) is 68.3. The van der Waals surface area contributed by atoms with Crippen LogP contribution in [-0.2, 0) is 28.8 Å². The average Bonchev–Trinajstić information content (AvgIpc) is 2.52. The number of hydrogen-bond donors (Lipinski definition) is 7. The maximum Gasteiger partial charge on any atom is 0.326 e. The van der Waals surface area contributed by atoms with E-state index < -0.39 is 66.5 Å². The van der Waals surface area contributed by atoms with Crippen LogP contribution in [0.3, 0.4) is 0 Å². The normalized spacial score (nSPS) is 13.6. The molecule has 10 N–H and O–H groups in total. The minimum Gasteiger partial charge on any atom is -0.480 e. The molecule has 13 nitrogen and oxygen atoms in total. The van der Waals surface area contributed by atoms with Gasteiger partial charge in [0.15, 0.2) is 0 Å². The number of carbonyl (C=O) groups excluding carboxylic acids is 5. The second kappa shape index (κ2) is 10.6. The zero-order valence-corrected chi connectivity index (χ0v) is 14.0. The first kappa shape index (κ1) is 22.8. The van der Waals surface area contributed by atoms with Crippen molar-refractivity contribution in [1.82, 2.24) is 16.0 Å². The van der Waals surface area contributed by atoms with Crippen molar-refractivity contribution in [3.8, 4) is 0 Å². The summed E-state index contributed by atoms with van der Waals surface area (Å²) in [5, 5.41) is 15.3. The number of carboxylic acid groups (broad SMARTS) is 1. The van der Waals surface area contributed by atoms with Crippen LogP contribution < -0.4 is 33.2 Å². The van der Waals surface area contributed by atoms with Crippen LogP contribution in [0, 0.1) is 0 Å². The summed E-state index contributed by atoms with van der Waals surface area (Å²) in [6.45, 7) is 0.936. The topological polar surface area (TPSA) is 237 Å². The van der Waals surface area contributed by atoms with Crippen LogP contribution in [0.5, 0.6) is 0 Å². The monoisotopic (exact) mass is 374 g/mol. The molecule has 146 valence electrons. The first-order valence-electron chi connectivity index (χ1n) is 7.37. The number of nitrogens with one attached hydrogen (secondary N) is 3. The first-order valence-corrected chi connectivity index (χ1v) is 7.37. The van der Waals surface area contributed by atoms with Gasteiger partial charge in [-0.25, -0.2) is 4.79 Å². The Hall–Kier alpha value is -3.22. The Morgan fingerprint density at radius 1 is 0.846 bits per heavy atom. The number of amides is 5. The smallest absolute Gasteiger partial charge is 0.326 e. The highest BCUT2D eigenvalue weighted by molar-refractivity contribution is 5.96. The Labute approximate surface area is 148 Å². The molecular formula is C13H22N6O7. The molecule has 0 heterocycles. The van der Waals surface area contributed by atoms with Gasteiger partial charge in [0, 0.05) is 0 Å². The Morgan fingerprint density at radius 3 is 1.73 bits per heavy atom. The molecule has 0 bridgehead atoms. The number of nitrogens with two attached hydrogens (primary N) is 3. The Morgan fingerprint density at radius 2 is 1.31 bits per heavy atom. The molecule has 26 heavy (non-hydrogen) atoms. The molecule has 0 aromatic rings. The van der Waals surface area contributed by atoms with Crippen LogP contribution in [-0.4, -0.2) is 65.3 Å². The molecule has 0 aliphatic heterocycles. The molecule has 0 aliphatic rings. The van der Waals surface area contributed by atoms with Gasteiger partial charge >= 0.3 is 5.97 Å². The minimum absolute atomic E-state index is 0.365. The quantitative estimate of drug-likeness (QED) is 0.185. The van der Waals surface area contributed by atoms with E-state index in [1.807, 2.05) is 5.32 Å². The third-order valence-corrected chi connectivity index (χ3v) is 3.01. The lowest BCUT2D eigenvalue weighted by atomic mass is 10.1. The molecule has 0 fully saturated rings. The van der Waals surface area contributed by atoms with E-state index in [-0.39, 0.29) is 6.54 Å². The van der Waals surface area contributed by atoms with Crippen LogP contribution in [0.4, 0.5) is 0 Å². The summed E-state index contributed by atoms with van der Waals surface area (Å²) in [5.74, 6) is -6.00. The van der Waals surface area contributed by atoms with Gasteiger partial charge in [0.25, 0.3) is 0 Å². The van der Waals surface area contributed by atoms with E-state index in [0.717, 1.165) is 0 Å². The van der Waals surface area contributed by atoms with Crippen LogP contribution in [0.1, 0.15) is 19.8 Å². The highest BCUT2D eigenvalue weighted by Gasteiger charge is 2.30. The van der Waals surface area contributed by atoms with Crippen LogP contribution in [0.15, 0.2) is 0 Å². The lowest BCUT2D eigenvalue weighted by Crippen LogP contribution is -2.56. The summed E-state index contributed by atoms with van der Waals surface area (Å²) in [7, 11) is 0. The fourth-order valence-corrected chi connectivity index (χ4v) is 1.75. The lowest BCUT2D eigenvalue weighted by molar-refractivity contribution is -0.144. The van der Waals surface area contributed by atoms with Crippen molar-refractivity contribution < 1.29 is 33.9 Å². The van der Waals surface area contributed by atoms with Gasteiger partial charge in [0.05, 0.1) is 19.4 Å². The molecule has 0 aromatic heterocycles. The fourth-order valence-electron chi connectivity index (χ4n) is 1.75. The maximum atomic E-state index is 12.2. The van der Waals surface area contributed by atoms with Crippen LogP contribution in [0.25, 0.3) is 0 Å². The predicted octanol–water partition coefficient (Wildman–Crippen LogP) is -4.75. The standard InChI is InChI=1S/C13H22N6O7/c1-5(17-10(22)4-14)11(23)18-6(2-8(15)20)12(24)19-7(13(25)26)3-9(16)21/h5-7H,2-4,14H2,1H3,(H2,15,20)(H2,16,21)(H,17,22)(H,18,23)(H,19,24)(H,25,26). The van der Waals surface area contributed by atoms with E-state index in [4.69, 9.17) is 22.3 Å². The van der Waals surface area contributed by atoms with Crippen molar-refractivity contribution in [3.05, 3.63) is 0 Å². The molecule has 0 aromatic carbocycles. The summed E-state index contributed by atoms with van der Waals surface area (Å²) < 4.78 is 0. The average molecular weight is 374 g/mol. The second-order valence-corrected chi connectivity index (χ2v) is 5.29. The van der Waals surface area contributed by atoms with Crippen LogP contribution in [0.2, 0.25) is 0 Å². The summed E-state index contributed by atoms with van der Waals surface area (Å²) >= 11 is 0. The molecule has 0 saturated heterocycles. The van der Waals surface area contributed by atoms with Gasteiger partial charge in [-0.05, 0) is 6.92 Å². The molecule has 13 heteroatoms. The lowest BCUT2D eigenvalue weighted by Gasteiger charge is -2.22. The summed E-state index contributed by atoms with van der Waals surface area (Å²) in [6.07, 6.45) is -1.33. The summed E-state index contributed by atoms with van der Waals surface area (Å²) in [6, 6.07) is -4.26. The second-order valence-electron chi connectivity index (χ2n) is 5.29. The molecule has 0 aliphatic carbocycles. The van der Waals surface area contributed by atoms with Gasteiger partial charge < -0.3 is 38.3 Å².